The number of aryl methyl sites for hydroxylation is 1. The molecule has 0 amide bonds. The van der Waals surface area contributed by atoms with Gasteiger partial charge in [0.2, 0.25) is 5.89 Å². The molecular formula is C13H15N3O. The first-order chi connectivity index (χ1) is 8.31. The van der Waals surface area contributed by atoms with Crippen LogP contribution in [0.3, 0.4) is 0 Å². The van der Waals surface area contributed by atoms with Crippen molar-refractivity contribution in [2.24, 2.45) is 0 Å². The zero-order chi connectivity index (χ0) is 11.7. The number of rotatable bonds is 2. The molecule has 1 aromatic carbocycles. The molecule has 0 radical (unpaired) electrons. The lowest BCUT2D eigenvalue weighted by Gasteiger charge is -2.27. The number of fused-ring (bicyclic) bond motifs is 1. The van der Waals surface area contributed by atoms with Crippen molar-refractivity contribution in [1.82, 2.24) is 15.0 Å². The van der Waals surface area contributed by atoms with Crippen molar-refractivity contribution < 1.29 is 4.52 Å². The molecule has 2 heterocycles. The summed E-state index contributed by atoms with van der Waals surface area (Å²) in [5, 5.41) is 3.94. The van der Waals surface area contributed by atoms with Gasteiger partial charge in [-0.15, -0.1) is 0 Å². The second kappa shape index (κ2) is 4.30. The molecular weight excluding hydrogens is 214 g/mol. The van der Waals surface area contributed by atoms with Crippen molar-refractivity contribution in [3.05, 3.63) is 47.1 Å². The minimum Gasteiger partial charge on any atom is -0.340 e. The molecule has 0 saturated heterocycles. The molecule has 0 N–H and O–H groups in total. The third-order valence-corrected chi connectivity index (χ3v) is 3.14. The highest BCUT2D eigenvalue weighted by Gasteiger charge is 2.17. The van der Waals surface area contributed by atoms with Gasteiger partial charge in [0.25, 0.3) is 0 Å². The van der Waals surface area contributed by atoms with Crippen LogP contribution in [0.25, 0.3) is 0 Å². The number of aromatic nitrogens is 2. The molecule has 0 bridgehead atoms. The Morgan fingerprint density at radius 3 is 2.88 bits per heavy atom. The van der Waals surface area contributed by atoms with Crippen LogP contribution in [0.5, 0.6) is 0 Å². The van der Waals surface area contributed by atoms with Crippen molar-refractivity contribution >= 4 is 0 Å². The molecule has 0 spiro atoms. The summed E-state index contributed by atoms with van der Waals surface area (Å²) in [6, 6.07) is 8.62. The summed E-state index contributed by atoms with van der Waals surface area (Å²) in [5.74, 6) is 1.42. The van der Waals surface area contributed by atoms with E-state index in [4.69, 9.17) is 4.52 Å². The Morgan fingerprint density at radius 2 is 2.12 bits per heavy atom. The topological polar surface area (TPSA) is 42.2 Å². The molecule has 0 fully saturated rings. The van der Waals surface area contributed by atoms with E-state index < -0.39 is 0 Å². The summed E-state index contributed by atoms with van der Waals surface area (Å²) >= 11 is 0. The molecule has 88 valence electrons. The summed E-state index contributed by atoms with van der Waals surface area (Å²) in [6.07, 6.45) is 1.10. The summed E-state index contributed by atoms with van der Waals surface area (Å²) in [4.78, 5) is 6.60. The zero-order valence-electron chi connectivity index (χ0n) is 9.89. The molecule has 3 rings (SSSR count). The predicted octanol–water partition coefficient (Wildman–Crippen LogP) is 1.94. The van der Waals surface area contributed by atoms with Crippen LogP contribution in [-0.4, -0.2) is 21.6 Å². The maximum Gasteiger partial charge on any atom is 0.223 e. The van der Waals surface area contributed by atoms with Gasteiger partial charge in [0, 0.05) is 20.0 Å². The monoisotopic (exact) mass is 229 g/mol. The fourth-order valence-corrected chi connectivity index (χ4v) is 2.29. The summed E-state index contributed by atoms with van der Waals surface area (Å²) in [5.41, 5.74) is 2.88. The lowest BCUT2D eigenvalue weighted by Crippen LogP contribution is -2.30. The van der Waals surface area contributed by atoms with E-state index in [1.807, 2.05) is 6.92 Å². The van der Waals surface area contributed by atoms with Crippen LogP contribution in [0.4, 0.5) is 0 Å². The third-order valence-electron chi connectivity index (χ3n) is 3.14. The smallest absolute Gasteiger partial charge is 0.223 e. The van der Waals surface area contributed by atoms with Gasteiger partial charge >= 0.3 is 0 Å². The molecule has 0 saturated carbocycles. The summed E-state index contributed by atoms with van der Waals surface area (Å²) in [6.45, 7) is 4.63. The SMILES string of the molecule is Cc1nc(CN2CCc3ccccc3C2)no1. The maximum atomic E-state index is 4.99. The van der Waals surface area contributed by atoms with E-state index in [1.165, 1.54) is 11.1 Å². The average Bonchev–Trinajstić information content (AvgIpc) is 2.75. The van der Waals surface area contributed by atoms with Crippen molar-refractivity contribution in [3.8, 4) is 0 Å². The molecule has 1 aliphatic heterocycles. The largest absolute Gasteiger partial charge is 0.340 e. The van der Waals surface area contributed by atoms with Crippen LogP contribution in [-0.2, 0) is 19.5 Å². The molecule has 17 heavy (non-hydrogen) atoms. The van der Waals surface area contributed by atoms with Gasteiger partial charge in [-0.1, -0.05) is 29.4 Å². The maximum absolute atomic E-state index is 4.99. The van der Waals surface area contributed by atoms with Gasteiger partial charge in [0.15, 0.2) is 5.82 Å². The minimum absolute atomic E-state index is 0.636. The van der Waals surface area contributed by atoms with Gasteiger partial charge in [-0.2, -0.15) is 4.98 Å². The van der Waals surface area contributed by atoms with E-state index >= 15 is 0 Å². The standard InChI is InChI=1S/C13H15N3O/c1-10-14-13(15-17-10)9-16-7-6-11-4-2-3-5-12(11)8-16/h2-5H,6-9H2,1H3. The molecule has 1 aromatic heterocycles. The first-order valence-electron chi connectivity index (χ1n) is 5.89. The van der Waals surface area contributed by atoms with Gasteiger partial charge in [-0.25, -0.2) is 0 Å². The van der Waals surface area contributed by atoms with Gasteiger partial charge in [0.05, 0.1) is 6.54 Å². The Kier molecular flexibility index (Phi) is 2.65. The van der Waals surface area contributed by atoms with Crippen LogP contribution < -0.4 is 0 Å². The highest BCUT2D eigenvalue weighted by molar-refractivity contribution is 5.29. The van der Waals surface area contributed by atoms with E-state index in [0.717, 1.165) is 31.9 Å². The Hall–Kier alpha value is -1.68. The van der Waals surface area contributed by atoms with Crippen LogP contribution in [0.2, 0.25) is 0 Å². The number of hydrogen-bond donors (Lipinski definition) is 0. The van der Waals surface area contributed by atoms with Crippen LogP contribution in [0, 0.1) is 6.92 Å². The molecule has 2 aromatic rings. The number of benzene rings is 1. The molecule has 0 unspecified atom stereocenters. The second-order valence-electron chi connectivity index (χ2n) is 4.46. The average molecular weight is 229 g/mol. The van der Waals surface area contributed by atoms with Gasteiger partial charge in [0.1, 0.15) is 0 Å². The highest BCUT2D eigenvalue weighted by Crippen LogP contribution is 2.19. The molecule has 4 heteroatoms. The Morgan fingerprint density at radius 1 is 1.29 bits per heavy atom. The predicted molar refractivity (Wildman–Crippen MR) is 63.3 cm³/mol. The fraction of sp³-hybridized carbons (Fsp3) is 0.385. The van der Waals surface area contributed by atoms with Crippen molar-refractivity contribution in [3.63, 3.8) is 0 Å². The van der Waals surface area contributed by atoms with E-state index in [0.29, 0.717) is 5.89 Å². The number of nitrogens with zero attached hydrogens (tertiary/aromatic N) is 3. The second-order valence-corrected chi connectivity index (χ2v) is 4.46. The Labute approximate surface area is 100 Å². The first kappa shape index (κ1) is 10.5. The first-order valence-corrected chi connectivity index (χ1v) is 5.89. The van der Waals surface area contributed by atoms with E-state index in [1.54, 1.807) is 0 Å². The fourth-order valence-electron chi connectivity index (χ4n) is 2.29. The van der Waals surface area contributed by atoms with E-state index in [2.05, 4.69) is 39.3 Å². The van der Waals surface area contributed by atoms with Crippen molar-refractivity contribution in [2.45, 2.75) is 26.4 Å². The Bertz CT molecular complexity index is 521. The minimum atomic E-state index is 0.636. The zero-order valence-corrected chi connectivity index (χ0v) is 9.89. The van der Waals surface area contributed by atoms with Gasteiger partial charge in [-0.05, 0) is 17.5 Å². The molecule has 0 aliphatic carbocycles. The van der Waals surface area contributed by atoms with Gasteiger partial charge < -0.3 is 4.52 Å². The Balaban J connectivity index is 1.72. The third kappa shape index (κ3) is 2.22. The summed E-state index contributed by atoms with van der Waals surface area (Å²) in [7, 11) is 0. The number of hydrogen-bond acceptors (Lipinski definition) is 4. The normalized spacial score (nSPS) is 15.8. The van der Waals surface area contributed by atoms with Crippen LogP contribution in [0.1, 0.15) is 22.8 Å². The lowest BCUT2D eigenvalue weighted by atomic mass is 10.00. The van der Waals surface area contributed by atoms with Crippen molar-refractivity contribution in [1.29, 1.82) is 0 Å². The van der Waals surface area contributed by atoms with E-state index in [-0.39, 0.29) is 0 Å². The quantitative estimate of drug-likeness (QED) is 0.789. The summed E-state index contributed by atoms with van der Waals surface area (Å²) < 4.78 is 4.99. The molecule has 0 atom stereocenters. The lowest BCUT2D eigenvalue weighted by molar-refractivity contribution is 0.235. The highest BCUT2D eigenvalue weighted by atomic mass is 16.5. The molecule has 4 nitrogen and oxygen atoms in total. The van der Waals surface area contributed by atoms with Crippen molar-refractivity contribution in [2.75, 3.05) is 6.54 Å². The van der Waals surface area contributed by atoms with Gasteiger partial charge in [-0.3, -0.25) is 4.90 Å². The van der Waals surface area contributed by atoms with E-state index in [9.17, 15) is 0 Å². The van der Waals surface area contributed by atoms with Crippen LogP contribution in [0.15, 0.2) is 28.8 Å². The molecule has 1 aliphatic rings. The van der Waals surface area contributed by atoms with Crippen LogP contribution >= 0.6 is 0 Å².